The van der Waals surface area contributed by atoms with Crippen molar-refractivity contribution in [2.75, 3.05) is 32.0 Å². The molecule has 3 heterocycles. The Morgan fingerprint density at radius 3 is 2.56 bits per heavy atom. The second kappa shape index (κ2) is 10.8. The van der Waals surface area contributed by atoms with Crippen molar-refractivity contribution in [3.05, 3.63) is 64.4 Å². The number of aromatic nitrogens is 1. The summed E-state index contributed by atoms with van der Waals surface area (Å²) in [6.45, 7) is 9.91. The molecule has 9 nitrogen and oxygen atoms in total. The van der Waals surface area contributed by atoms with Gasteiger partial charge in [0.15, 0.2) is 11.5 Å². The first-order chi connectivity index (χ1) is 18.6. The van der Waals surface area contributed by atoms with Crippen molar-refractivity contribution < 1.29 is 19.4 Å². The van der Waals surface area contributed by atoms with Gasteiger partial charge in [0.1, 0.15) is 13.2 Å². The quantitative estimate of drug-likeness (QED) is 0.451. The van der Waals surface area contributed by atoms with Crippen molar-refractivity contribution in [2.45, 2.75) is 58.8 Å². The average Bonchev–Trinajstić information content (AvgIpc) is 2.90. The predicted molar refractivity (Wildman–Crippen MR) is 151 cm³/mol. The summed E-state index contributed by atoms with van der Waals surface area (Å²) in [6.07, 6.45) is 0.531. The van der Waals surface area contributed by atoms with E-state index in [1.807, 2.05) is 47.0 Å². The van der Waals surface area contributed by atoms with Gasteiger partial charge in [-0.1, -0.05) is 26.8 Å². The third-order valence-electron chi connectivity index (χ3n) is 7.96. The Bertz CT molecular complexity index is 1410. The molecule has 3 N–H and O–H groups in total. The van der Waals surface area contributed by atoms with E-state index in [9.17, 15) is 14.7 Å². The predicted octanol–water partition coefficient (Wildman–Crippen LogP) is 4.41. The monoisotopic (exact) mass is 534 g/mol. The standard InChI is InChI=1S/C30H38N4O5/c1-30(2,3)27-18-23(34(29(36)37)19-20-4-8-25-26(16-20)39-15-14-38-25)10-11-32(27)12-13-33-24-7-6-22(31)17-21(24)5-9-28(33)35/h4-9,16-17,23,27H,10-15,18-19,31H2,1-3H3,(H,36,37). The zero-order chi connectivity index (χ0) is 27.7. The zero-order valence-electron chi connectivity index (χ0n) is 22.9. The van der Waals surface area contributed by atoms with Gasteiger partial charge in [0, 0.05) is 55.4 Å². The van der Waals surface area contributed by atoms with E-state index in [1.54, 1.807) is 11.0 Å². The first-order valence-electron chi connectivity index (χ1n) is 13.6. The lowest BCUT2D eigenvalue weighted by Gasteiger charge is -2.48. The topological polar surface area (TPSA) is 110 Å². The van der Waals surface area contributed by atoms with Gasteiger partial charge in [0.05, 0.1) is 5.52 Å². The fraction of sp³-hybridized carbons (Fsp3) is 0.467. The van der Waals surface area contributed by atoms with E-state index >= 15 is 0 Å². The maximum Gasteiger partial charge on any atom is 0.407 e. The SMILES string of the molecule is CC(C)(C)C1CC(N(Cc2ccc3c(c2)OCCO3)C(=O)O)CCN1CCn1c(=O)ccc2cc(N)ccc21. The van der Waals surface area contributed by atoms with E-state index in [0.717, 1.165) is 35.9 Å². The lowest BCUT2D eigenvalue weighted by molar-refractivity contribution is 0.0131. The van der Waals surface area contributed by atoms with Crippen LogP contribution in [0, 0.1) is 5.41 Å². The van der Waals surface area contributed by atoms with Crippen LogP contribution in [0.2, 0.25) is 0 Å². The van der Waals surface area contributed by atoms with Crippen LogP contribution >= 0.6 is 0 Å². The molecule has 2 aliphatic rings. The van der Waals surface area contributed by atoms with E-state index in [2.05, 4.69) is 25.7 Å². The summed E-state index contributed by atoms with van der Waals surface area (Å²) in [5.74, 6) is 1.36. The van der Waals surface area contributed by atoms with Gasteiger partial charge in [-0.3, -0.25) is 9.69 Å². The van der Waals surface area contributed by atoms with Gasteiger partial charge in [-0.25, -0.2) is 4.79 Å². The van der Waals surface area contributed by atoms with Crippen LogP contribution in [0.15, 0.2) is 53.3 Å². The number of nitrogens with zero attached hydrogens (tertiary/aromatic N) is 3. The third kappa shape index (κ3) is 5.83. The number of anilines is 1. The van der Waals surface area contributed by atoms with E-state index < -0.39 is 6.09 Å². The van der Waals surface area contributed by atoms with Gasteiger partial charge in [0.2, 0.25) is 0 Å². The first-order valence-corrected chi connectivity index (χ1v) is 13.6. The molecule has 5 rings (SSSR count). The first kappa shape index (κ1) is 26.9. The Morgan fingerprint density at radius 2 is 1.82 bits per heavy atom. The smallest absolute Gasteiger partial charge is 0.407 e. The lowest BCUT2D eigenvalue weighted by atomic mass is 9.78. The Hall–Kier alpha value is -3.72. The molecule has 2 atom stereocenters. The van der Waals surface area contributed by atoms with Crippen LogP contribution < -0.4 is 20.8 Å². The van der Waals surface area contributed by atoms with E-state index in [0.29, 0.717) is 50.0 Å². The van der Waals surface area contributed by atoms with Gasteiger partial charge in [-0.05, 0) is 60.2 Å². The number of hydrogen-bond acceptors (Lipinski definition) is 6. The molecule has 39 heavy (non-hydrogen) atoms. The summed E-state index contributed by atoms with van der Waals surface area (Å²) < 4.78 is 13.1. The molecule has 9 heteroatoms. The molecule has 1 saturated heterocycles. The molecule has 1 amide bonds. The van der Waals surface area contributed by atoms with Gasteiger partial charge >= 0.3 is 6.09 Å². The van der Waals surface area contributed by atoms with Crippen LogP contribution in [-0.2, 0) is 13.1 Å². The number of carboxylic acid groups (broad SMARTS) is 1. The van der Waals surface area contributed by atoms with Crippen LogP contribution in [0.4, 0.5) is 10.5 Å². The van der Waals surface area contributed by atoms with E-state index in [1.165, 1.54) is 0 Å². The number of amides is 1. The van der Waals surface area contributed by atoms with Crippen LogP contribution in [0.1, 0.15) is 39.2 Å². The van der Waals surface area contributed by atoms with Crippen LogP contribution in [0.3, 0.4) is 0 Å². The molecule has 0 aliphatic carbocycles. The molecule has 3 aromatic rings. The van der Waals surface area contributed by atoms with Crippen molar-refractivity contribution in [1.29, 1.82) is 0 Å². The number of rotatable bonds is 6. The Morgan fingerprint density at radius 1 is 1.05 bits per heavy atom. The van der Waals surface area contributed by atoms with E-state index in [4.69, 9.17) is 15.2 Å². The number of likely N-dealkylation sites (tertiary alicyclic amines) is 1. The van der Waals surface area contributed by atoms with Crippen molar-refractivity contribution in [1.82, 2.24) is 14.4 Å². The molecule has 1 aromatic heterocycles. The van der Waals surface area contributed by atoms with Crippen molar-refractivity contribution >= 4 is 22.7 Å². The summed E-state index contributed by atoms with van der Waals surface area (Å²) in [6, 6.07) is 14.7. The fourth-order valence-electron chi connectivity index (χ4n) is 5.96. The van der Waals surface area contributed by atoms with Gasteiger partial charge in [-0.2, -0.15) is 0 Å². The summed E-state index contributed by atoms with van der Waals surface area (Å²) in [7, 11) is 0. The highest BCUT2D eigenvalue weighted by atomic mass is 16.6. The Labute approximate surface area is 228 Å². The molecule has 2 aromatic carbocycles. The molecular formula is C30H38N4O5. The molecular weight excluding hydrogens is 496 g/mol. The van der Waals surface area contributed by atoms with Gasteiger partial charge in [0.25, 0.3) is 5.56 Å². The van der Waals surface area contributed by atoms with Crippen LogP contribution in [0.5, 0.6) is 11.5 Å². The zero-order valence-corrected chi connectivity index (χ0v) is 22.9. The highest BCUT2D eigenvalue weighted by Gasteiger charge is 2.39. The number of hydrogen-bond donors (Lipinski definition) is 2. The second-order valence-electron chi connectivity index (χ2n) is 11.6. The molecule has 2 aliphatic heterocycles. The maximum absolute atomic E-state index is 12.8. The highest BCUT2D eigenvalue weighted by molar-refractivity contribution is 5.82. The Balaban J connectivity index is 1.32. The normalized spacial score (nSPS) is 19.7. The number of benzene rings is 2. The number of pyridine rings is 1. The van der Waals surface area contributed by atoms with Crippen molar-refractivity contribution in [3.8, 4) is 11.5 Å². The molecule has 0 spiro atoms. The van der Waals surface area contributed by atoms with Gasteiger partial charge in [-0.15, -0.1) is 0 Å². The van der Waals surface area contributed by atoms with Crippen LogP contribution in [-0.4, -0.2) is 64.0 Å². The third-order valence-corrected chi connectivity index (χ3v) is 7.96. The van der Waals surface area contributed by atoms with Crippen molar-refractivity contribution in [3.63, 3.8) is 0 Å². The largest absolute Gasteiger partial charge is 0.486 e. The minimum absolute atomic E-state index is 0.0362. The summed E-state index contributed by atoms with van der Waals surface area (Å²) >= 11 is 0. The number of carbonyl (C=O) groups is 1. The van der Waals surface area contributed by atoms with E-state index in [-0.39, 0.29) is 23.1 Å². The van der Waals surface area contributed by atoms with Crippen molar-refractivity contribution in [2.24, 2.45) is 5.41 Å². The fourth-order valence-corrected chi connectivity index (χ4v) is 5.96. The lowest BCUT2D eigenvalue weighted by Crippen LogP contribution is -2.55. The molecule has 2 unspecified atom stereocenters. The highest BCUT2D eigenvalue weighted by Crippen LogP contribution is 2.35. The minimum Gasteiger partial charge on any atom is -0.486 e. The Kier molecular flexibility index (Phi) is 7.44. The second-order valence-corrected chi connectivity index (χ2v) is 11.6. The summed E-state index contributed by atoms with van der Waals surface area (Å²) in [5.41, 5.74) is 8.27. The number of nitrogen functional groups attached to an aromatic ring is 1. The molecule has 208 valence electrons. The van der Waals surface area contributed by atoms with Gasteiger partial charge < -0.3 is 29.8 Å². The molecule has 0 bridgehead atoms. The number of piperidine rings is 1. The molecule has 0 radical (unpaired) electrons. The molecule has 1 fully saturated rings. The van der Waals surface area contributed by atoms with Crippen LogP contribution in [0.25, 0.3) is 10.9 Å². The minimum atomic E-state index is -0.919. The number of fused-ring (bicyclic) bond motifs is 2. The molecule has 0 saturated carbocycles. The summed E-state index contributed by atoms with van der Waals surface area (Å²) in [5, 5.41) is 11.1. The number of nitrogens with two attached hydrogens (primary N) is 1. The summed E-state index contributed by atoms with van der Waals surface area (Å²) in [4.78, 5) is 29.2. The average molecular weight is 535 g/mol. The maximum atomic E-state index is 12.8. The number of ether oxygens (including phenoxy) is 2.